The molecule has 5 aromatic rings. The van der Waals surface area contributed by atoms with E-state index >= 15 is 0 Å². The molecule has 2 aromatic carbocycles. The molecule has 3 aromatic heterocycles. The molecule has 0 aliphatic carbocycles. The van der Waals surface area contributed by atoms with Gasteiger partial charge in [0.2, 0.25) is 5.88 Å². The van der Waals surface area contributed by atoms with Crippen molar-refractivity contribution >= 4 is 44.0 Å². The largest absolute Gasteiger partial charge is 0.493 e. The van der Waals surface area contributed by atoms with Gasteiger partial charge in [-0.15, -0.1) is 21.6 Å². The molecule has 0 amide bonds. The molecule has 29 heavy (non-hydrogen) atoms. The second kappa shape index (κ2) is 6.79. The first-order valence-corrected chi connectivity index (χ1v) is 9.95. The first kappa shape index (κ1) is 17.5. The van der Waals surface area contributed by atoms with E-state index in [0.29, 0.717) is 17.3 Å². The van der Waals surface area contributed by atoms with Gasteiger partial charge in [-0.3, -0.25) is 0 Å². The summed E-state index contributed by atoms with van der Waals surface area (Å²) in [6.45, 7) is 1.84. The van der Waals surface area contributed by atoms with Crippen molar-refractivity contribution in [3.63, 3.8) is 0 Å². The zero-order chi connectivity index (χ0) is 20.0. The fourth-order valence-corrected chi connectivity index (χ4v) is 4.46. The van der Waals surface area contributed by atoms with E-state index in [2.05, 4.69) is 32.3 Å². The lowest BCUT2D eigenvalue weighted by Crippen LogP contribution is -1.86. The molecule has 0 saturated carbocycles. The predicted octanol–water partition coefficient (Wildman–Crippen LogP) is 6.28. The molecule has 7 heteroatoms. The van der Waals surface area contributed by atoms with Crippen molar-refractivity contribution in [1.29, 1.82) is 0 Å². The van der Waals surface area contributed by atoms with E-state index in [1.165, 1.54) is 0 Å². The van der Waals surface area contributed by atoms with Crippen LogP contribution in [0.2, 0.25) is 0 Å². The predicted molar refractivity (Wildman–Crippen MR) is 116 cm³/mol. The molecule has 0 fully saturated rings. The first-order chi connectivity index (χ1) is 14.1. The third kappa shape index (κ3) is 2.96. The molecule has 0 aliphatic rings. The summed E-state index contributed by atoms with van der Waals surface area (Å²) in [5.74, 6) is 1.21. The number of fused-ring (bicyclic) bond motifs is 2. The molecule has 5 rings (SSSR count). The maximum atomic E-state index is 10.5. The third-order valence-electron chi connectivity index (χ3n) is 4.84. The average molecular weight is 399 g/mol. The third-order valence-corrected chi connectivity index (χ3v) is 5.92. The van der Waals surface area contributed by atoms with Gasteiger partial charge in [-0.1, -0.05) is 48.5 Å². The van der Waals surface area contributed by atoms with E-state index in [1.807, 2.05) is 55.5 Å². The van der Waals surface area contributed by atoms with Crippen molar-refractivity contribution in [2.45, 2.75) is 6.92 Å². The van der Waals surface area contributed by atoms with E-state index in [9.17, 15) is 5.11 Å². The second-order valence-electron chi connectivity index (χ2n) is 6.74. The fourth-order valence-electron chi connectivity index (χ4n) is 3.39. The van der Waals surface area contributed by atoms with Crippen molar-refractivity contribution in [3.05, 3.63) is 66.5 Å². The molecule has 3 heterocycles. The Morgan fingerprint density at radius 3 is 2.52 bits per heavy atom. The van der Waals surface area contributed by atoms with Gasteiger partial charge in [-0.05, 0) is 24.6 Å². The van der Waals surface area contributed by atoms with Crippen LogP contribution < -0.4 is 0 Å². The molecule has 0 unspecified atom stereocenters. The molecule has 0 aliphatic heterocycles. The lowest BCUT2D eigenvalue weighted by Gasteiger charge is -1.97. The highest BCUT2D eigenvalue weighted by Gasteiger charge is 2.15. The summed E-state index contributed by atoms with van der Waals surface area (Å²) in [5.41, 5.74) is 2.46. The van der Waals surface area contributed by atoms with Crippen LogP contribution >= 0.6 is 11.3 Å². The standard InChI is InChI=1S/C22H17N5OS/c1-13-23-20(16-12-18(29-21(16)24-13)14-8-4-3-5-9-14)26-25-19-15-10-6-7-11-17(15)27(2)22(19)28/h3-12,28H,1-2H3. The number of hydrogen-bond acceptors (Lipinski definition) is 6. The molecule has 0 bridgehead atoms. The van der Waals surface area contributed by atoms with Crippen molar-refractivity contribution in [2.75, 3.05) is 0 Å². The lowest BCUT2D eigenvalue weighted by molar-refractivity contribution is 0.436. The Bertz CT molecular complexity index is 1390. The minimum atomic E-state index is 0.0762. The number of azo groups is 1. The SMILES string of the molecule is Cc1nc(N=Nc2c(O)n(C)c3ccccc23)c2cc(-c3ccccc3)sc2n1. The Labute approximate surface area is 170 Å². The van der Waals surface area contributed by atoms with Gasteiger partial charge in [0.25, 0.3) is 0 Å². The number of aryl methyl sites for hydroxylation is 2. The summed E-state index contributed by atoms with van der Waals surface area (Å²) in [7, 11) is 1.80. The van der Waals surface area contributed by atoms with Crippen molar-refractivity contribution in [2.24, 2.45) is 17.3 Å². The number of benzene rings is 2. The molecular formula is C22H17N5OS. The van der Waals surface area contributed by atoms with Gasteiger partial charge < -0.3 is 9.67 Å². The molecule has 1 N–H and O–H groups in total. The van der Waals surface area contributed by atoms with Crippen molar-refractivity contribution in [3.8, 4) is 16.3 Å². The van der Waals surface area contributed by atoms with Gasteiger partial charge in [0.05, 0.1) is 10.9 Å². The van der Waals surface area contributed by atoms with Gasteiger partial charge >= 0.3 is 0 Å². The van der Waals surface area contributed by atoms with Crippen LogP contribution in [-0.4, -0.2) is 19.6 Å². The van der Waals surface area contributed by atoms with Crippen molar-refractivity contribution < 1.29 is 5.11 Å². The van der Waals surface area contributed by atoms with Crippen LogP contribution in [0.15, 0.2) is 70.9 Å². The molecular weight excluding hydrogens is 382 g/mol. The number of hydrogen-bond donors (Lipinski definition) is 1. The van der Waals surface area contributed by atoms with Crippen LogP contribution in [-0.2, 0) is 7.05 Å². The summed E-state index contributed by atoms with van der Waals surface area (Å²) >= 11 is 1.60. The minimum Gasteiger partial charge on any atom is -0.493 e. The van der Waals surface area contributed by atoms with Gasteiger partial charge in [-0.2, -0.15) is 0 Å². The van der Waals surface area contributed by atoms with E-state index in [4.69, 9.17) is 0 Å². The summed E-state index contributed by atoms with van der Waals surface area (Å²) in [6, 6.07) is 19.9. The number of aromatic hydroxyl groups is 1. The number of aromatic nitrogens is 3. The monoisotopic (exact) mass is 399 g/mol. The Morgan fingerprint density at radius 2 is 1.69 bits per heavy atom. The highest BCUT2D eigenvalue weighted by atomic mass is 32.1. The summed E-state index contributed by atoms with van der Waals surface area (Å²) in [4.78, 5) is 11.0. The number of nitrogens with zero attached hydrogens (tertiary/aromatic N) is 5. The average Bonchev–Trinajstić information content (AvgIpc) is 3.27. The van der Waals surface area contributed by atoms with E-state index in [1.54, 1.807) is 23.0 Å². The van der Waals surface area contributed by atoms with Gasteiger partial charge in [0.1, 0.15) is 10.7 Å². The Balaban J connectivity index is 1.64. The van der Waals surface area contributed by atoms with Crippen LogP contribution in [0.5, 0.6) is 5.88 Å². The molecule has 0 radical (unpaired) electrons. The number of rotatable bonds is 3. The Hall–Kier alpha value is -3.58. The quantitative estimate of drug-likeness (QED) is 0.363. The van der Waals surface area contributed by atoms with Gasteiger partial charge in [0, 0.05) is 17.3 Å². The van der Waals surface area contributed by atoms with Crippen molar-refractivity contribution in [1.82, 2.24) is 14.5 Å². The highest BCUT2D eigenvalue weighted by molar-refractivity contribution is 7.21. The Morgan fingerprint density at radius 1 is 0.931 bits per heavy atom. The smallest absolute Gasteiger partial charge is 0.220 e. The van der Waals surface area contributed by atoms with E-state index in [0.717, 1.165) is 31.6 Å². The van der Waals surface area contributed by atoms with E-state index in [-0.39, 0.29) is 5.88 Å². The molecule has 142 valence electrons. The van der Waals surface area contributed by atoms with E-state index < -0.39 is 0 Å². The van der Waals surface area contributed by atoms with Crippen LogP contribution in [0.3, 0.4) is 0 Å². The first-order valence-electron chi connectivity index (χ1n) is 9.13. The summed E-state index contributed by atoms with van der Waals surface area (Å²) in [5, 5.41) is 21.0. The van der Waals surface area contributed by atoms with Crippen LogP contribution in [0.1, 0.15) is 5.82 Å². The van der Waals surface area contributed by atoms with Gasteiger partial charge in [-0.25, -0.2) is 9.97 Å². The zero-order valence-electron chi connectivity index (χ0n) is 15.9. The molecule has 6 nitrogen and oxygen atoms in total. The molecule has 0 atom stereocenters. The normalized spacial score (nSPS) is 11.8. The van der Waals surface area contributed by atoms with Crippen LogP contribution in [0, 0.1) is 6.92 Å². The number of para-hydroxylation sites is 1. The highest BCUT2D eigenvalue weighted by Crippen LogP contribution is 2.40. The number of thiophene rings is 1. The van der Waals surface area contributed by atoms with Crippen LogP contribution in [0.25, 0.3) is 31.6 Å². The topological polar surface area (TPSA) is 75.7 Å². The van der Waals surface area contributed by atoms with Gasteiger partial charge in [0.15, 0.2) is 11.5 Å². The lowest BCUT2D eigenvalue weighted by atomic mass is 10.2. The maximum absolute atomic E-state index is 10.5. The molecule has 0 spiro atoms. The maximum Gasteiger partial charge on any atom is 0.220 e. The Kier molecular flexibility index (Phi) is 4.10. The zero-order valence-corrected chi connectivity index (χ0v) is 16.7. The van der Waals surface area contributed by atoms with Crippen LogP contribution in [0.4, 0.5) is 11.5 Å². The minimum absolute atomic E-state index is 0.0762. The molecule has 0 saturated heterocycles. The second-order valence-corrected chi connectivity index (χ2v) is 7.77. The summed E-state index contributed by atoms with van der Waals surface area (Å²) < 4.78 is 1.70. The fraction of sp³-hybridized carbons (Fsp3) is 0.0909. The summed E-state index contributed by atoms with van der Waals surface area (Å²) in [6.07, 6.45) is 0.